The van der Waals surface area contributed by atoms with Crippen LogP contribution < -0.4 is 15.5 Å². The highest BCUT2D eigenvalue weighted by Crippen LogP contribution is 2.13. The van der Waals surface area contributed by atoms with Crippen molar-refractivity contribution in [3.05, 3.63) is 29.3 Å². The highest BCUT2D eigenvalue weighted by atomic mass is 16.2. The zero-order valence-corrected chi connectivity index (χ0v) is 12.8. The molecule has 0 saturated carbocycles. The highest BCUT2D eigenvalue weighted by molar-refractivity contribution is 6.01. The second kappa shape index (κ2) is 7.22. The Morgan fingerprint density at radius 2 is 1.81 bits per heavy atom. The van der Waals surface area contributed by atoms with Crippen molar-refractivity contribution >= 4 is 17.6 Å². The van der Waals surface area contributed by atoms with Gasteiger partial charge in [0.15, 0.2) is 6.54 Å². The van der Waals surface area contributed by atoms with Crippen LogP contribution in [0.4, 0.5) is 10.5 Å². The third-order valence-electron chi connectivity index (χ3n) is 3.99. The maximum absolute atomic E-state index is 11.8. The van der Waals surface area contributed by atoms with Gasteiger partial charge in [0.25, 0.3) is 5.91 Å². The first kappa shape index (κ1) is 15.5. The lowest BCUT2D eigenvalue weighted by atomic mass is 10.1. The fourth-order valence-electron chi connectivity index (χ4n) is 2.61. The number of piperidine rings is 1. The van der Waals surface area contributed by atoms with Gasteiger partial charge in [-0.3, -0.25) is 10.1 Å². The minimum absolute atomic E-state index is 0.215. The molecule has 5 nitrogen and oxygen atoms in total. The number of nitrogens with one attached hydrogen (secondary N) is 3. The Labute approximate surface area is 125 Å². The topological polar surface area (TPSA) is 62.6 Å². The third kappa shape index (κ3) is 4.86. The fraction of sp³-hybridized carbons (Fsp3) is 0.500. The Balaban J connectivity index is 1.80. The van der Waals surface area contributed by atoms with Crippen molar-refractivity contribution < 1.29 is 14.5 Å². The first-order valence-electron chi connectivity index (χ1n) is 7.56. The van der Waals surface area contributed by atoms with Crippen LogP contribution in [-0.2, 0) is 4.79 Å². The molecule has 3 amide bonds. The molecule has 0 aliphatic carbocycles. The fourth-order valence-corrected chi connectivity index (χ4v) is 2.61. The van der Waals surface area contributed by atoms with Gasteiger partial charge < -0.3 is 10.2 Å². The van der Waals surface area contributed by atoms with Crippen LogP contribution in [0, 0.1) is 13.8 Å². The third-order valence-corrected chi connectivity index (χ3v) is 3.99. The summed E-state index contributed by atoms with van der Waals surface area (Å²) in [4.78, 5) is 24.9. The van der Waals surface area contributed by atoms with Crippen LogP contribution in [0.3, 0.4) is 0 Å². The minimum Gasteiger partial charge on any atom is -0.327 e. The number of rotatable bonds is 3. The number of anilines is 1. The largest absolute Gasteiger partial charge is 0.327 e. The van der Waals surface area contributed by atoms with E-state index in [9.17, 15) is 9.59 Å². The molecular weight excluding hydrogens is 266 g/mol. The molecule has 0 bridgehead atoms. The summed E-state index contributed by atoms with van der Waals surface area (Å²) in [6.07, 6.45) is 3.58. The molecule has 3 N–H and O–H groups in total. The van der Waals surface area contributed by atoms with E-state index in [4.69, 9.17) is 0 Å². The van der Waals surface area contributed by atoms with Gasteiger partial charge in [0, 0.05) is 5.69 Å². The van der Waals surface area contributed by atoms with Gasteiger partial charge in [-0.05, 0) is 56.4 Å². The lowest BCUT2D eigenvalue weighted by Gasteiger charge is -2.22. The van der Waals surface area contributed by atoms with Gasteiger partial charge in [-0.15, -0.1) is 0 Å². The molecule has 0 aromatic heterocycles. The lowest BCUT2D eigenvalue weighted by Crippen LogP contribution is -3.14. The molecule has 1 aliphatic heterocycles. The average molecular weight is 290 g/mol. The first-order chi connectivity index (χ1) is 10.0. The average Bonchev–Trinajstić information content (AvgIpc) is 2.43. The Morgan fingerprint density at radius 3 is 2.48 bits per heavy atom. The van der Waals surface area contributed by atoms with E-state index < -0.39 is 6.03 Å². The number of benzene rings is 1. The number of carbonyl (C=O) groups is 2. The second-order valence-corrected chi connectivity index (χ2v) is 5.79. The van der Waals surface area contributed by atoms with Crippen LogP contribution in [0.5, 0.6) is 0 Å². The smallest absolute Gasteiger partial charge is 0.326 e. The van der Waals surface area contributed by atoms with Crippen molar-refractivity contribution in [2.24, 2.45) is 0 Å². The lowest BCUT2D eigenvalue weighted by molar-refractivity contribution is -0.896. The van der Waals surface area contributed by atoms with Crippen LogP contribution >= 0.6 is 0 Å². The minimum atomic E-state index is -0.459. The quantitative estimate of drug-likeness (QED) is 0.778. The van der Waals surface area contributed by atoms with Crippen molar-refractivity contribution in [1.82, 2.24) is 5.32 Å². The van der Waals surface area contributed by atoms with Gasteiger partial charge in [-0.1, -0.05) is 6.07 Å². The normalized spacial score (nSPS) is 15.5. The number of amides is 3. The summed E-state index contributed by atoms with van der Waals surface area (Å²) in [7, 11) is 0. The second-order valence-electron chi connectivity index (χ2n) is 5.79. The molecule has 0 unspecified atom stereocenters. The SMILES string of the molecule is Cc1ccc(NC(=O)NC(=O)C[NH+]2CCCCC2)cc1C. The van der Waals surface area contributed by atoms with Crippen LogP contribution in [0.1, 0.15) is 30.4 Å². The molecule has 1 saturated heterocycles. The number of urea groups is 1. The van der Waals surface area contributed by atoms with E-state index in [1.165, 1.54) is 16.9 Å². The number of likely N-dealkylation sites (tertiary alicyclic amines) is 1. The molecule has 114 valence electrons. The van der Waals surface area contributed by atoms with Gasteiger partial charge in [-0.2, -0.15) is 0 Å². The zero-order chi connectivity index (χ0) is 15.2. The number of quaternary nitrogens is 1. The number of hydrogen-bond acceptors (Lipinski definition) is 2. The Kier molecular flexibility index (Phi) is 5.33. The van der Waals surface area contributed by atoms with E-state index >= 15 is 0 Å². The predicted molar refractivity (Wildman–Crippen MR) is 82.5 cm³/mol. The Hall–Kier alpha value is -1.88. The maximum Gasteiger partial charge on any atom is 0.326 e. The van der Waals surface area contributed by atoms with Gasteiger partial charge in [0.2, 0.25) is 0 Å². The van der Waals surface area contributed by atoms with Crippen LogP contribution in [0.2, 0.25) is 0 Å². The Bertz CT molecular complexity index is 522. The molecular formula is C16H24N3O2+. The number of carbonyl (C=O) groups excluding carboxylic acids is 2. The number of hydrogen-bond donors (Lipinski definition) is 3. The van der Waals surface area contributed by atoms with E-state index in [0.717, 1.165) is 31.5 Å². The molecule has 5 heteroatoms. The van der Waals surface area contributed by atoms with Crippen LogP contribution in [-0.4, -0.2) is 31.6 Å². The van der Waals surface area contributed by atoms with E-state index in [-0.39, 0.29) is 5.91 Å². The number of imide groups is 1. The van der Waals surface area contributed by atoms with E-state index in [1.54, 1.807) is 0 Å². The highest BCUT2D eigenvalue weighted by Gasteiger charge is 2.18. The molecule has 0 radical (unpaired) electrons. The van der Waals surface area contributed by atoms with Crippen molar-refractivity contribution in [1.29, 1.82) is 0 Å². The summed E-state index contributed by atoms with van der Waals surface area (Å²) in [5.74, 6) is -0.215. The molecule has 1 fully saturated rings. The number of aryl methyl sites for hydroxylation is 2. The van der Waals surface area contributed by atoms with Crippen molar-refractivity contribution in [3.8, 4) is 0 Å². The van der Waals surface area contributed by atoms with Crippen molar-refractivity contribution in [2.75, 3.05) is 25.0 Å². The summed E-state index contributed by atoms with van der Waals surface area (Å²) in [5, 5.41) is 5.10. The maximum atomic E-state index is 11.8. The van der Waals surface area contributed by atoms with E-state index in [0.29, 0.717) is 12.2 Å². The van der Waals surface area contributed by atoms with E-state index in [2.05, 4.69) is 10.6 Å². The summed E-state index contributed by atoms with van der Waals surface area (Å²) in [6.45, 7) is 6.42. The predicted octanol–water partition coefficient (Wildman–Crippen LogP) is 1.02. The van der Waals surface area contributed by atoms with Crippen LogP contribution in [0.25, 0.3) is 0 Å². The molecule has 1 aromatic rings. The first-order valence-corrected chi connectivity index (χ1v) is 7.56. The van der Waals surface area contributed by atoms with Crippen molar-refractivity contribution in [3.63, 3.8) is 0 Å². The van der Waals surface area contributed by atoms with Gasteiger partial charge in [0.1, 0.15) is 0 Å². The summed E-state index contributed by atoms with van der Waals surface area (Å²) in [6, 6.07) is 5.22. The van der Waals surface area contributed by atoms with E-state index in [1.807, 2.05) is 32.0 Å². The summed E-state index contributed by atoms with van der Waals surface area (Å²) < 4.78 is 0. The molecule has 0 spiro atoms. The molecule has 1 heterocycles. The van der Waals surface area contributed by atoms with Gasteiger partial charge >= 0.3 is 6.03 Å². The summed E-state index contributed by atoms with van der Waals surface area (Å²) in [5.41, 5.74) is 2.98. The molecule has 1 aliphatic rings. The molecule has 1 aromatic carbocycles. The molecule has 2 rings (SSSR count). The summed E-state index contributed by atoms with van der Waals surface area (Å²) >= 11 is 0. The Morgan fingerprint density at radius 1 is 1.10 bits per heavy atom. The molecule has 0 atom stereocenters. The zero-order valence-electron chi connectivity index (χ0n) is 12.8. The van der Waals surface area contributed by atoms with Gasteiger partial charge in [0.05, 0.1) is 13.1 Å². The standard InChI is InChI=1S/C16H23N3O2/c1-12-6-7-14(10-13(12)2)17-16(21)18-15(20)11-19-8-4-3-5-9-19/h6-7,10H,3-5,8-9,11H2,1-2H3,(H2,17,18,20,21)/p+1. The van der Waals surface area contributed by atoms with Crippen LogP contribution in [0.15, 0.2) is 18.2 Å². The van der Waals surface area contributed by atoms with Gasteiger partial charge in [-0.25, -0.2) is 4.79 Å². The van der Waals surface area contributed by atoms with Crippen molar-refractivity contribution in [2.45, 2.75) is 33.1 Å². The molecule has 21 heavy (non-hydrogen) atoms. The monoisotopic (exact) mass is 290 g/mol.